The van der Waals surface area contributed by atoms with E-state index in [-0.39, 0.29) is 22.4 Å². The van der Waals surface area contributed by atoms with Gasteiger partial charge in [0, 0.05) is 11.4 Å². The molecule has 128 valence electrons. The molecule has 0 saturated carbocycles. The van der Waals surface area contributed by atoms with E-state index in [1.54, 1.807) is 24.3 Å². The highest BCUT2D eigenvalue weighted by Gasteiger charge is 2.07. The quantitative estimate of drug-likeness (QED) is 0.731. The maximum atomic E-state index is 12.8. The van der Waals surface area contributed by atoms with Gasteiger partial charge >= 0.3 is 0 Å². The molecule has 0 atom stereocenters. The first-order chi connectivity index (χ1) is 11.3. The summed E-state index contributed by atoms with van der Waals surface area (Å²) in [5.41, 5.74) is 0.897. The Kier molecular flexibility index (Phi) is 6.36. The Hall–Kier alpha value is -1.90. The molecule has 0 bridgehead atoms. The van der Waals surface area contributed by atoms with E-state index in [1.165, 1.54) is 36.0 Å². The zero-order valence-corrected chi connectivity index (χ0v) is 14.4. The molecule has 0 saturated heterocycles. The van der Waals surface area contributed by atoms with Gasteiger partial charge < -0.3 is 5.32 Å². The van der Waals surface area contributed by atoms with Crippen molar-refractivity contribution in [2.75, 3.05) is 12.3 Å². The van der Waals surface area contributed by atoms with Crippen LogP contribution in [0.3, 0.4) is 0 Å². The Bertz CT molecular complexity index is 791. The molecule has 0 spiro atoms. The molecule has 24 heavy (non-hydrogen) atoms. The first-order valence-electron chi connectivity index (χ1n) is 7.11. The Morgan fingerprint density at radius 3 is 2.29 bits per heavy atom. The number of amides is 1. The first kappa shape index (κ1) is 18.4. The first-order valence-corrected chi connectivity index (χ1v) is 9.64. The van der Waals surface area contributed by atoms with Gasteiger partial charge in [-0.15, -0.1) is 11.8 Å². The van der Waals surface area contributed by atoms with E-state index in [4.69, 9.17) is 5.14 Å². The molecule has 0 unspecified atom stereocenters. The average Bonchev–Trinajstić information content (AvgIpc) is 2.54. The summed E-state index contributed by atoms with van der Waals surface area (Å²) in [6, 6.07) is 12.2. The highest BCUT2D eigenvalue weighted by Crippen LogP contribution is 2.17. The topological polar surface area (TPSA) is 89.3 Å². The minimum atomic E-state index is -3.69. The largest absolute Gasteiger partial charge is 0.355 e. The van der Waals surface area contributed by atoms with Gasteiger partial charge in [0.15, 0.2) is 0 Å². The van der Waals surface area contributed by atoms with Crippen molar-refractivity contribution in [3.8, 4) is 0 Å². The summed E-state index contributed by atoms with van der Waals surface area (Å²) in [6.07, 6.45) is 0.581. The zero-order valence-electron chi connectivity index (χ0n) is 12.7. The number of sulfonamides is 1. The smallest absolute Gasteiger partial charge is 0.238 e. The minimum absolute atomic E-state index is 0.0611. The second-order valence-electron chi connectivity index (χ2n) is 5.03. The molecule has 0 heterocycles. The SMILES string of the molecule is NS(=O)(=O)c1ccc(CCNC(=O)CSc2ccc(F)cc2)cc1. The van der Waals surface area contributed by atoms with Crippen LogP contribution in [0.4, 0.5) is 4.39 Å². The fourth-order valence-corrected chi connectivity index (χ4v) is 3.17. The second-order valence-corrected chi connectivity index (χ2v) is 7.64. The molecule has 3 N–H and O–H groups in total. The number of primary sulfonamides is 1. The number of carbonyl (C=O) groups excluding carboxylic acids is 1. The van der Waals surface area contributed by atoms with Crippen molar-refractivity contribution in [1.82, 2.24) is 5.32 Å². The molecule has 2 aromatic carbocycles. The summed E-state index contributed by atoms with van der Waals surface area (Å²) in [4.78, 5) is 12.6. The van der Waals surface area contributed by atoms with E-state index in [1.807, 2.05) is 0 Å². The van der Waals surface area contributed by atoms with Crippen LogP contribution in [0.15, 0.2) is 58.3 Å². The molecule has 2 aromatic rings. The summed E-state index contributed by atoms with van der Waals surface area (Å²) >= 11 is 1.33. The third-order valence-electron chi connectivity index (χ3n) is 3.17. The molecule has 0 aliphatic rings. The van der Waals surface area contributed by atoms with Crippen LogP contribution in [-0.2, 0) is 21.2 Å². The van der Waals surface area contributed by atoms with Crippen LogP contribution in [0.1, 0.15) is 5.56 Å². The number of halogens is 1. The van der Waals surface area contributed by atoms with Gasteiger partial charge in [-0.2, -0.15) is 0 Å². The molecule has 0 aliphatic heterocycles. The van der Waals surface area contributed by atoms with Gasteiger partial charge in [-0.3, -0.25) is 4.79 Å². The number of thioether (sulfide) groups is 1. The van der Waals surface area contributed by atoms with E-state index >= 15 is 0 Å². The predicted molar refractivity (Wildman–Crippen MR) is 91.7 cm³/mol. The van der Waals surface area contributed by atoms with Crippen LogP contribution >= 0.6 is 11.8 Å². The Morgan fingerprint density at radius 2 is 1.71 bits per heavy atom. The number of carbonyl (C=O) groups is 1. The van der Waals surface area contributed by atoms with E-state index in [0.717, 1.165) is 10.5 Å². The standard InChI is InChI=1S/C16H17FN2O3S2/c17-13-3-5-14(6-4-13)23-11-16(20)19-10-9-12-1-7-15(8-2-12)24(18,21)22/h1-8H,9-11H2,(H,19,20)(H2,18,21,22). The number of rotatable bonds is 7. The Balaban J connectivity index is 1.73. The van der Waals surface area contributed by atoms with Crippen LogP contribution in [0, 0.1) is 5.82 Å². The van der Waals surface area contributed by atoms with Gasteiger partial charge in [0.1, 0.15) is 5.82 Å². The molecule has 1 amide bonds. The third-order valence-corrected chi connectivity index (χ3v) is 5.11. The number of hydrogen-bond acceptors (Lipinski definition) is 4. The lowest BCUT2D eigenvalue weighted by Crippen LogP contribution is -2.27. The monoisotopic (exact) mass is 368 g/mol. The lowest BCUT2D eigenvalue weighted by Gasteiger charge is -2.06. The normalized spacial score (nSPS) is 11.2. The Morgan fingerprint density at radius 1 is 1.08 bits per heavy atom. The lowest BCUT2D eigenvalue weighted by atomic mass is 10.1. The van der Waals surface area contributed by atoms with Crippen LogP contribution in [-0.4, -0.2) is 26.6 Å². The van der Waals surface area contributed by atoms with Gasteiger partial charge in [-0.1, -0.05) is 12.1 Å². The number of hydrogen-bond donors (Lipinski definition) is 2. The number of benzene rings is 2. The van der Waals surface area contributed by atoms with Crippen molar-refractivity contribution in [1.29, 1.82) is 0 Å². The highest BCUT2D eigenvalue weighted by molar-refractivity contribution is 8.00. The highest BCUT2D eigenvalue weighted by atomic mass is 32.2. The van der Waals surface area contributed by atoms with Crippen molar-refractivity contribution in [3.05, 3.63) is 59.9 Å². The molecule has 0 aliphatic carbocycles. The summed E-state index contributed by atoms with van der Waals surface area (Å²) in [5.74, 6) is -0.182. The number of nitrogens with one attached hydrogen (secondary N) is 1. The van der Waals surface area contributed by atoms with E-state index in [2.05, 4.69) is 5.32 Å². The molecule has 8 heteroatoms. The van der Waals surface area contributed by atoms with E-state index in [0.29, 0.717) is 13.0 Å². The summed E-state index contributed by atoms with van der Waals surface area (Å²) in [5, 5.41) is 7.81. The lowest BCUT2D eigenvalue weighted by molar-refractivity contribution is -0.118. The second kappa shape index (κ2) is 8.27. The van der Waals surface area contributed by atoms with Crippen LogP contribution in [0.5, 0.6) is 0 Å². The third kappa shape index (κ3) is 5.95. The fraction of sp³-hybridized carbons (Fsp3) is 0.188. The average molecular weight is 368 g/mol. The fourth-order valence-electron chi connectivity index (χ4n) is 1.92. The minimum Gasteiger partial charge on any atom is -0.355 e. The van der Waals surface area contributed by atoms with Gasteiger partial charge in [0.05, 0.1) is 10.6 Å². The summed E-state index contributed by atoms with van der Waals surface area (Å²) in [7, 11) is -3.69. The maximum absolute atomic E-state index is 12.8. The Labute approximate surface area is 144 Å². The van der Waals surface area contributed by atoms with Crippen LogP contribution < -0.4 is 10.5 Å². The molecular weight excluding hydrogens is 351 g/mol. The van der Waals surface area contributed by atoms with Gasteiger partial charge in [0.25, 0.3) is 0 Å². The van der Waals surface area contributed by atoms with Gasteiger partial charge in [0.2, 0.25) is 15.9 Å². The molecule has 2 rings (SSSR count). The molecule has 0 fully saturated rings. The maximum Gasteiger partial charge on any atom is 0.238 e. The molecule has 0 radical (unpaired) electrons. The van der Waals surface area contributed by atoms with Crippen LogP contribution in [0.2, 0.25) is 0 Å². The van der Waals surface area contributed by atoms with Crippen LogP contribution in [0.25, 0.3) is 0 Å². The predicted octanol–water partition coefficient (Wildman–Crippen LogP) is 1.92. The molecule has 5 nitrogen and oxygen atoms in total. The molecule has 0 aromatic heterocycles. The zero-order chi connectivity index (χ0) is 17.6. The van der Waals surface area contributed by atoms with Crippen molar-refractivity contribution in [2.24, 2.45) is 5.14 Å². The van der Waals surface area contributed by atoms with Crippen molar-refractivity contribution < 1.29 is 17.6 Å². The van der Waals surface area contributed by atoms with Crippen molar-refractivity contribution >= 4 is 27.7 Å². The van der Waals surface area contributed by atoms with Gasteiger partial charge in [-0.25, -0.2) is 17.9 Å². The van der Waals surface area contributed by atoms with E-state index in [9.17, 15) is 17.6 Å². The van der Waals surface area contributed by atoms with E-state index < -0.39 is 10.0 Å². The molecular formula is C16H17FN2O3S2. The van der Waals surface area contributed by atoms with Crippen molar-refractivity contribution in [3.63, 3.8) is 0 Å². The van der Waals surface area contributed by atoms with Gasteiger partial charge in [-0.05, 0) is 48.4 Å². The van der Waals surface area contributed by atoms with Crippen molar-refractivity contribution in [2.45, 2.75) is 16.2 Å². The summed E-state index contributed by atoms with van der Waals surface area (Å²) < 4.78 is 35.1. The summed E-state index contributed by atoms with van der Waals surface area (Å²) in [6.45, 7) is 0.442. The number of nitrogens with two attached hydrogens (primary N) is 1.